The van der Waals surface area contributed by atoms with Crippen LogP contribution in [-0.4, -0.2) is 28.2 Å². The maximum atomic E-state index is 10.5. The third-order valence-corrected chi connectivity index (χ3v) is 7.50. The number of carboxylic acid groups (broad SMARTS) is 2. The van der Waals surface area contributed by atoms with Crippen LogP contribution in [0.5, 0.6) is 0 Å². The normalized spacial score (nSPS) is 12.1. The van der Waals surface area contributed by atoms with Crippen LogP contribution in [-0.2, 0) is 9.59 Å². The van der Waals surface area contributed by atoms with Crippen molar-refractivity contribution >= 4 is 11.9 Å². The summed E-state index contributed by atoms with van der Waals surface area (Å²) < 4.78 is 0. The van der Waals surface area contributed by atoms with Crippen LogP contribution in [0.4, 0.5) is 0 Å². The number of hydrogen-bond donors (Lipinski definition) is 3. The molecule has 41 heavy (non-hydrogen) atoms. The highest BCUT2D eigenvalue weighted by atomic mass is 16.4. The van der Waals surface area contributed by atoms with Crippen molar-refractivity contribution in [1.82, 2.24) is 0 Å². The monoisotopic (exact) mass is 580 g/mol. The molecule has 0 fully saturated rings. The second-order valence-electron chi connectivity index (χ2n) is 11.7. The summed E-state index contributed by atoms with van der Waals surface area (Å²) in [6.45, 7) is 4.51. The van der Waals surface area contributed by atoms with Crippen LogP contribution in [0.3, 0.4) is 0 Å². The molecule has 0 aliphatic heterocycles. The molecule has 0 aromatic heterocycles. The number of aliphatic carboxylic acids is 2. The number of carbonyl (C=O) groups is 2. The van der Waals surface area contributed by atoms with Gasteiger partial charge in [-0.05, 0) is 64.2 Å². The van der Waals surface area contributed by atoms with Gasteiger partial charge in [-0.1, -0.05) is 141 Å². The zero-order valence-electron chi connectivity index (χ0n) is 27.3. The molecule has 5 heteroatoms. The largest absolute Gasteiger partial charge is 0.481 e. The maximum Gasteiger partial charge on any atom is 0.320 e. The number of unbranched alkanes of at least 4 members (excludes halogenated alkanes) is 21. The first-order chi connectivity index (χ1) is 20.0. The second-order valence-corrected chi connectivity index (χ2v) is 11.7. The Balaban J connectivity index is 0. The average Bonchev–Trinajstić information content (AvgIpc) is 2.95. The number of hydrogen-bond acceptors (Lipinski definition) is 3. The third-order valence-electron chi connectivity index (χ3n) is 7.50. The lowest BCUT2D eigenvalue weighted by molar-refractivity contribution is -0.139. The highest BCUT2D eigenvalue weighted by Gasteiger charge is 2.09. The van der Waals surface area contributed by atoms with Crippen LogP contribution < -0.4 is 5.73 Å². The van der Waals surface area contributed by atoms with Crippen molar-refractivity contribution in [1.29, 1.82) is 0 Å². The minimum atomic E-state index is -0.882. The van der Waals surface area contributed by atoms with E-state index in [0.717, 1.165) is 32.1 Å². The number of allylic oxidation sites excluding steroid dienone is 4. The molecule has 1 atom stereocenters. The van der Waals surface area contributed by atoms with Gasteiger partial charge in [0.2, 0.25) is 0 Å². The zero-order valence-corrected chi connectivity index (χ0v) is 27.3. The zero-order chi connectivity index (χ0) is 30.7. The third kappa shape index (κ3) is 40.6. The Bertz CT molecular complexity index is 602. The van der Waals surface area contributed by atoms with E-state index in [1.165, 1.54) is 128 Å². The summed E-state index contributed by atoms with van der Waals surface area (Å²) in [5, 5.41) is 17.2. The maximum absolute atomic E-state index is 10.5. The van der Waals surface area contributed by atoms with Gasteiger partial charge in [0, 0.05) is 6.42 Å². The van der Waals surface area contributed by atoms with E-state index in [9.17, 15) is 9.59 Å². The molecule has 0 aromatic carbocycles. The fourth-order valence-corrected chi connectivity index (χ4v) is 4.73. The molecular formula is C36H69NO4. The molecule has 0 rings (SSSR count). The second kappa shape index (κ2) is 36.4. The van der Waals surface area contributed by atoms with E-state index in [4.69, 9.17) is 15.9 Å². The van der Waals surface area contributed by atoms with Gasteiger partial charge in [-0.25, -0.2) is 0 Å². The SMILES string of the molecule is CCCCCCCCC=CCCCCCCC(N)C(=O)O.CCCCCCCCC=CCCCCCCCC(=O)O. The predicted octanol–water partition coefficient (Wildman–Crippen LogP) is 11.2. The number of rotatable bonds is 30. The Morgan fingerprint density at radius 2 is 0.829 bits per heavy atom. The van der Waals surface area contributed by atoms with E-state index in [-0.39, 0.29) is 0 Å². The minimum Gasteiger partial charge on any atom is -0.481 e. The van der Waals surface area contributed by atoms with Crippen LogP contribution in [0, 0.1) is 0 Å². The van der Waals surface area contributed by atoms with Crippen LogP contribution in [0.1, 0.15) is 187 Å². The molecule has 0 saturated heterocycles. The highest BCUT2D eigenvalue weighted by Crippen LogP contribution is 2.11. The molecule has 0 amide bonds. The van der Waals surface area contributed by atoms with Gasteiger partial charge < -0.3 is 15.9 Å². The smallest absolute Gasteiger partial charge is 0.320 e. The Morgan fingerprint density at radius 3 is 1.17 bits per heavy atom. The van der Waals surface area contributed by atoms with E-state index >= 15 is 0 Å². The van der Waals surface area contributed by atoms with Gasteiger partial charge in [0.15, 0.2) is 0 Å². The number of carboxylic acids is 2. The van der Waals surface area contributed by atoms with Crippen molar-refractivity contribution in [3.05, 3.63) is 24.3 Å². The summed E-state index contributed by atoms with van der Waals surface area (Å²) in [4.78, 5) is 20.9. The predicted molar refractivity (Wildman–Crippen MR) is 178 cm³/mol. The van der Waals surface area contributed by atoms with E-state index in [2.05, 4.69) is 38.2 Å². The Hall–Kier alpha value is -1.62. The van der Waals surface area contributed by atoms with Crippen molar-refractivity contribution < 1.29 is 19.8 Å². The standard InChI is InChI=1S/C18H35NO2.C18H34O2/c1-2-3-4-5-6-7-8-9-10-11-12-13-14-15-16-17(19)18(20)21;1-2-3-4-5-6-7-8-9-10-11-12-13-14-15-16-17-18(19)20/h9-10,17H,2-8,11-16,19H2,1H3,(H,20,21);9-10H,2-8,11-17H2,1H3,(H,19,20). The molecule has 0 heterocycles. The molecule has 5 nitrogen and oxygen atoms in total. The van der Waals surface area contributed by atoms with Gasteiger partial charge in [-0.15, -0.1) is 0 Å². The molecule has 1 unspecified atom stereocenters. The first-order valence-corrected chi connectivity index (χ1v) is 17.5. The molecule has 242 valence electrons. The molecule has 0 saturated carbocycles. The minimum absolute atomic E-state index is 0.332. The van der Waals surface area contributed by atoms with Crippen molar-refractivity contribution in [3.63, 3.8) is 0 Å². The molecule has 0 bridgehead atoms. The summed E-state index contributed by atoms with van der Waals surface area (Å²) in [6.07, 6.45) is 41.4. The lowest BCUT2D eigenvalue weighted by Crippen LogP contribution is -2.29. The van der Waals surface area contributed by atoms with Gasteiger partial charge in [-0.3, -0.25) is 9.59 Å². The van der Waals surface area contributed by atoms with E-state index in [0.29, 0.717) is 12.8 Å². The quantitative estimate of drug-likeness (QED) is 0.0580. The van der Waals surface area contributed by atoms with Crippen LogP contribution in [0.25, 0.3) is 0 Å². The molecular weight excluding hydrogens is 510 g/mol. The fourth-order valence-electron chi connectivity index (χ4n) is 4.73. The average molecular weight is 580 g/mol. The van der Waals surface area contributed by atoms with Crippen LogP contribution >= 0.6 is 0 Å². The Morgan fingerprint density at radius 1 is 0.512 bits per heavy atom. The van der Waals surface area contributed by atoms with Gasteiger partial charge in [-0.2, -0.15) is 0 Å². The highest BCUT2D eigenvalue weighted by molar-refractivity contribution is 5.72. The first kappa shape index (κ1) is 41.5. The summed E-state index contributed by atoms with van der Waals surface area (Å²) in [5.41, 5.74) is 5.45. The van der Waals surface area contributed by atoms with Crippen molar-refractivity contribution in [3.8, 4) is 0 Å². The summed E-state index contributed by atoms with van der Waals surface area (Å²) >= 11 is 0. The molecule has 0 aliphatic rings. The summed E-state index contributed by atoms with van der Waals surface area (Å²) in [7, 11) is 0. The van der Waals surface area contributed by atoms with Gasteiger partial charge in [0.1, 0.15) is 6.04 Å². The van der Waals surface area contributed by atoms with E-state index in [1.807, 2.05) is 0 Å². The summed E-state index contributed by atoms with van der Waals surface area (Å²) in [6, 6.07) is -0.678. The van der Waals surface area contributed by atoms with Gasteiger partial charge in [0.25, 0.3) is 0 Å². The van der Waals surface area contributed by atoms with Crippen molar-refractivity contribution in [2.75, 3.05) is 0 Å². The Labute approximate surface area is 254 Å². The first-order valence-electron chi connectivity index (χ1n) is 17.5. The van der Waals surface area contributed by atoms with Crippen molar-refractivity contribution in [2.45, 2.75) is 193 Å². The topological polar surface area (TPSA) is 101 Å². The molecule has 0 spiro atoms. The van der Waals surface area contributed by atoms with Crippen LogP contribution in [0.15, 0.2) is 24.3 Å². The van der Waals surface area contributed by atoms with Gasteiger partial charge >= 0.3 is 11.9 Å². The summed E-state index contributed by atoms with van der Waals surface area (Å²) in [5.74, 6) is -1.55. The van der Waals surface area contributed by atoms with E-state index < -0.39 is 18.0 Å². The van der Waals surface area contributed by atoms with Gasteiger partial charge in [0.05, 0.1) is 0 Å². The van der Waals surface area contributed by atoms with Crippen LogP contribution in [0.2, 0.25) is 0 Å². The Kier molecular flexibility index (Phi) is 36.9. The van der Waals surface area contributed by atoms with E-state index in [1.54, 1.807) is 0 Å². The molecule has 0 aromatic rings. The molecule has 0 radical (unpaired) electrons. The molecule has 0 aliphatic carbocycles. The molecule has 4 N–H and O–H groups in total. The number of nitrogens with two attached hydrogens (primary N) is 1. The fraction of sp³-hybridized carbons (Fsp3) is 0.833. The lowest BCUT2D eigenvalue weighted by Gasteiger charge is -2.05. The lowest BCUT2D eigenvalue weighted by atomic mass is 10.1. The van der Waals surface area contributed by atoms with Crippen molar-refractivity contribution in [2.24, 2.45) is 5.73 Å².